The minimum Gasteiger partial charge on any atom is -0.261 e. The number of nitrogens with zero attached hydrogens (tertiary/aromatic N) is 3. The van der Waals surface area contributed by atoms with Crippen LogP contribution in [0.4, 0.5) is 11.5 Å². The van der Waals surface area contributed by atoms with Crippen LogP contribution in [0.2, 0.25) is 0 Å². The number of hydrazone groups is 1. The standard InChI is InChI=1S/C12H9BrN4O2/c13-10-5-4-9(7-11(10)17(18)19)8-15-16-12-3-1-2-6-14-12/h1-8H,(H,14,16)/b15-8+. The van der Waals surface area contributed by atoms with Gasteiger partial charge in [0.2, 0.25) is 0 Å². The topological polar surface area (TPSA) is 80.4 Å². The summed E-state index contributed by atoms with van der Waals surface area (Å²) in [5.41, 5.74) is 3.36. The van der Waals surface area contributed by atoms with Crippen molar-refractivity contribution in [2.45, 2.75) is 0 Å². The quantitative estimate of drug-likeness (QED) is 0.533. The molecule has 0 atom stereocenters. The molecule has 2 rings (SSSR count). The van der Waals surface area contributed by atoms with Gasteiger partial charge in [0.05, 0.1) is 15.6 Å². The van der Waals surface area contributed by atoms with Crippen LogP contribution in [0.15, 0.2) is 52.2 Å². The van der Waals surface area contributed by atoms with E-state index >= 15 is 0 Å². The van der Waals surface area contributed by atoms with Gasteiger partial charge in [-0.3, -0.25) is 15.5 Å². The first-order valence-corrected chi connectivity index (χ1v) is 6.10. The summed E-state index contributed by atoms with van der Waals surface area (Å²) in [4.78, 5) is 14.4. The molecule has 2 aromatic rings. The second-order valence-electron chi connectivity index (χ2n) is 3.55. The lowest BCUT2D eigenvalue weighted by atomic mass is 10.2. The Kier molecular flexibility index (Phi) is 4.19. The Balaban J connectivity index is 2.11. The average molecular weight is 321 g/mol. The third-order valence-electron chi connectivity index (χ3n) is 2.22. The van der Waals surface area contributed by atoms with Gasteiger partial charge >= 0.3 is 0 Å². The van der Waals surface area contributed by atoms with Crippen LogP contribution in [-0.4, -0.2) is 16.1 Å². The molecular formula is C12H9BrN4O2. The molecule has 0 bridgehead atoms. The van der Waals surface area contributed by atoms with E-state index in [1.165, 1.54) is 12.3 Å². The molecule has 0 radical (unpaired) electrons. The maximum absolute atomic E-state index is 10.8. The molecule has 0 spiro atoms. The number of nitrogens with one attached hydrogen (secondary N) is 1. The minimum absolute atomic E-state index is 0.00165. The van der Waals surface area contributed by atoms with Crippen molar-refractivity contribution in [2.75, 3.05) is 5.43 Å². The van der Waals surface area contributed by atoms with Gasteiger partial charge in [0.25, 0.3) is 5.69 Å². The number of nitro groups is 1. The normalized spacial score (nSPS) is 10.6. The predicted molar refractivity (Wildman–Crippen MR) is 76.3 cm³/mol. The van der Waals surface area contributed by atoms with E-state index in [0.717, 1.165) is 0 Å². The van der Waals surface area contributed by atoms with Gasteiger partial charge < -0.3 is 0 Å². The fourth-order valence-corrected chi connectivity index (χ4v) is 1.74. The first kappa shape index (κ1) is 13.2. The molecule has 0 aliphatic rings. The first-order chi connectivity index (χ1) is 9.16. The summed E-state index contributed by atoms with van der Waals surface area (Å²) >= 11 is 3.12. The molecule has 0 aliphatic carbocycles. The van der Waals surface area contributed by atoms with Crippen molar-refractivity contribution in [1.29, 1.82) is 0 Å². The highest BCUT2D eigenvalue weighted by Gasteiger charge is 2.11. The highest BCUT2D eigenvalue weighted by Crippen LogP contribution is 2.24. The van der Waals surface area contributed by atoms with E-state index in [0.29, 0.717) is 15.9 Å². The van der Waals surface area contributed by atoms with Crippen molar-refractivity contribution in [3.05, 3.63) is 62.7 Å². The molecule has 96 valence electrons. The fraction of sp³-hybridized carbons (Fsp3) is 0. The minimum atomic E-state index is -0.451. The molecule has 0 aliphatic heterocycles. The molecule has 1 heterocycles. The first-order valence-electron chi connectivity index (χ1n) is 5.31. The van der Waals surface area contributed by atoms with Crippen molar-refractivity contribution < 1.29 is 4.92 Å². The lowest BCUT2D eigenvalue weighted by molar-refractivity contribution is -0.385. The van der Waals surface area contributed by atoms with E-state index in [4.69, 9.17) is 0 Å². The molecule has 0 unspecified atom stereocenters. The second kappa shape index (κ2) is 6.05. The number of benzene rings is 1. The van der Waals surface area contributed by atoms with Gasteiger partial charge in [-0.1, -0.05) is 12.1 Å². The zero-order valence-corrected chi connectivity index (χ0v) is 11.2. The van der Waals surface area contributed by atoms with Crippen molar-refractivity contribution in [3.8, 4) is 0 Å². The molecule has 0 saturated carbocycles. The van der Waals surface area contributed by atoms with Gasteiger partial charge in [0.15, 0.2) is 0 Å². The maximum Gasteiger partial charge on any atom is 0.284 e. The second-order valence-corrected chi connectivity index (χ2v) is 4.41. The number of halogens is 1. The van der Waals surface area contributed by atoms with Crippen LogP contribution in [0.1, 0.15) is 5.56 Å². The highest BCUT2D eigenvalue weighted by atomic mass is 79.9. The van der Waals surface area contributed by atoms with Crippen LogP contribution in [0.3, 0.4) is 0 Å². The Morgan fingerprint density at radius 1 is 1.37 bits per heavy atom. The molecule has 6 nitrogen and oxygen atoms in total. The molecule has 7 heteroatoms. The van der Waals surface area contributed by atoms with Gasteiger partial charge in [-0.25, -0.2) is 4.98 Å². The van der Waals surface area contributed by atoms with Crippen LogP contribution in [0, 0.1) is 10.1 Å². The molecule has 1 N–H and O–H groups in total. The Morgan fingerprint density at radius 2 is 2.21 bits per heavy atom. The third kappa shape index (κ3) is 3.59. The molecule has 1 aromatic heterocycles. The Hall–Kier alpha value is -2.28. The molecule has 0 amide bonds. The van der Waals surface area contributed by atoms with Crippen molar-refractivity contribution >= 4 is 33.6 Å². The van der Waals surface area contributed by atoms with E-state index in [2.05, 4.69) is 31.4 Å². The number of nitro benzene ring substituents is 1. The Labute approximate surface area is 117 Å². The van der Waals surface area contributed by atoms with Crippen LogP contribution >= 0.6 is 15.9 Å². The molecule has 0 fully saturated rings. The molecule has 19 heavy (non-hydrogen) atoms. The van der Waals surface area contributed by atoms with E-state index in [9.17, 15) is 10.1 Å². The third-order valence-corrected chi connectivity index (χ3v) is 2.90. The predicted octanol–water partition coefficient (Wildman–Crippen LogP) is 3.20. The van der Waals surface area contributed by atoms with Crippen molar-refractivity contribution in [1.82, 2.24) is 4.98 Å². The maximum atomic E-state index is 10.8. The van der Waals surface area contributed by atoms with Gasteiger partial charge in [0.1, 0.15) is 5.82 Å². The lowest BCUT2D eigenvalue weighted by Gasteiger charge is -1.99. The van der Waals surface area contributed by atoms with Gasteiger partial charge in [0, 0.05) is 17.8 Å². The number of hydrogen-bond donors (Lipinski definition) is 1. The van der Waals surface area contributed by atoms with Crippen molar-refractivity contribution in [2.24, 2.45) is 5.10 Å². The molecule has 0 saturated heterocycles. The van der Waals surface area contributed by atoms with Crippen molar-refractivity contribution in [3.63, 3.8) is 0 Å². The summed E-state index contributed by atoms with van der Waals surface area (Å²) in [6, 6.07) is 10.2. The summed E-state index contributed by atoms with van der Waals surface area (Å²) in [7, 11) is 0. The summed E-state index contributed by atoms with van der Waals surface area (Å²) in [5, 5.41) is 14.7. The number of pyridine rings is 1. The SMILES string of the molecule is O=[N+]([O-])c1cc(/C=N/Nc2ccccn2)ccc1Br. The van der Waals surface area contributed by atoms with E-state index in [-0.39, 0.29) is 5.69 Å². The molecule has 1 aromatic carbocycles. The summed E-state index contributed by atoms with van der Waals surface area (Å²) in [6.07, 6.45) is 3.14. The number of hydrogen-bond acceptors (Lipinski definition) is 5. The van der Waals surface area contributed by atoms with Crippen LogP contribution in [0.5, 0.6) is 0 Å². The fourth-order valence-electron chi connectivity index (χ4n) is 1.35. The highest BCUT2D eigenvalue weighted by molar-refractivity contribution is 9.10. The van der Waals surface area contributed by atoms with Crippen LogP contribution in [-0.2, 0) is 0 Å². The van der Waals surface area contributed by atoms with Gasteiger partial charge in [-0.2, -0.15) is 5.10 Å². The number of anilines is 1. The summed E-state index contributed by atoms with van der Waals surface area (Å²) in [5.74, 6) is 0.602. The van der Waals surface area contributed by atoms with Crippen LogP contribution < -0.4 is 5.43 Å². The monoisotopic (exact) mass is 320 g/mol. The summed E-state index contributed by atoms with van der Waals surface area (Å²) in [6.45, 7) is 0. The number of rotatable bonds is 4. The van der Waals surface area contributed by atoms with E-state index in [1.807, 2.05) is 6.07 Å². The van der Waals surface area contributed by atoms with Gasteiger partial charge in [-0.15, -0.1) is 0 Å². The summed E-state index contributed by atoms with van der Waals surface area (Å²) < 4.78 is 0.437. The largest absolute Gasteiger partial charge is 0.284 e. The number of aromatic nitrogens is 1. The zero-order valence-electron chi connectivity index (χ0n) is 9.65. The Morgan fingerprint density at radius 3 is 2.89 bits per heavy atom. The average Bonchev–Trinajstić information content (AvgIpc) is 2.41. The smallest absolute Gasteiger partial charge is 0.261 e. The van der Waals surface area contributed by atoms with E-state index < -0.39 is 4.92 Å². The molecular weight excluding hydrogens is 312 g/mol. The van der Waals surface area contributed by atoms with E-state index in [1.54, 1.807) is 30.5 Å². The van der Waals surface area contributed by atoms with Crippen LogP contribution in [0.25, 0.3) is 0 Å². The Bertz CT molecular complexity index is 616. The van der Waals surface area contributed by atoms with Gasteiger partial charge in [-0.05, 0) is 34.1 Å². The zero-order chi connectivity index (χ0) is 13.7. The lowest BCUT2D eigenvalue weighted by Crippen LogP contribution is -1.94.